The van der Waals surface area contributed by atoms with Gasteiger partial charge in [0.2, 0.25) is 0 Å². The van der Waals surface area contributed by atoms with Crippen LogP contribution in [-0.4, -0.2) is 25.4 Å². The highest BCUT2D eigenvalue weighted by atomic mass is 16.4. The van der Waals surface area contributed by atoms with Gasteiger partial charge in [0.1, 0.15) is 5.82 Å². The third kappa shape index (κ3) is 1.76. The van der Waals surface area contributed by atoms with Crippen LogP contribution in [0.25, 0.3) is 5.52 Å². The van der Waals surface area contributed by atoms with Crippen LogP contribution >= 0.6 is 0 Å². The molecule has 0 aromatic carbocycles. The molecule has 5 heteroatoms. The number of imidazole rings is 1. The van der Waals surface area contributed by atoms with E-state index in [1.54, 1.807) is 16.8 Å². The van der Waals surface area contributed by atoms with Crippen LogP contribution in [0.5, 0.6) is 0 Å². The van der Waals surface area contributed by atoms with Crippen LogP contribution in [0.1, 0.15) is 30.2 Å². The Morgan fingerprint density at radius 3 is 2.94 bits per heavy atom. The number of carbonyl (C=O) groups is 1. The summed E-state index contributed by atoms with van der Waals surface area (Å²) < 4.78 is 1.79. The third-order valence-electron chi connectivity index (χ3n) is 2.31. The summed E-state index contributed by atoms with van der Waals surface area (Å²) >= 11 is 0. The normalized spacial score (nSPS) is 11.2. The van der Waals surface area contributed by atoms with Crippen molar-refractivity contribution in [2.24, 2.45) is 5.92 Å². The Morgan fingerprint density at radius 2 is 2.31 bits per heavy atom. The zero-order chi connectivity index (χ0) is 11.7. The second kappa shape index (κ2) is 3.92. The van der Waals surface area contributed by atoms with Gasteiger partial charge in [-0.05, 0) is 5.92 Å². The first-order chi connectivity index (χ1) is 7.59. The molecule has 0 saturated heterocycles. The molecule has 2 aromatic heterocycles. The van der Waals surface area contributed by atoms with E-state index in [2.05, 4.69) is 23.8 Å². The van der Waals surface area contributed by atoms with Crippen LogP contribution in [-0.2, 0) is 6.42 Å². The summed E-state index contributed by atoms with van der Waals surface area (Å²) in [5, 5.41) is 9.03. The van der Waals surface area contributed by atoms with Crippen molar-refractivity contribution in [2.75, 3.05) is 0 Å². The van der Waals surface area contributed by atoms with E-state index in [4.69, 9.17) is 5.11 Å². The second-order valence-electron chi connectivity index (χ2n) is 4.11. The van der Waals surface area contributed by atoms with Gasteiger partial charge in [-0.2, -0.15) is 0 Å². The molecule has 84 valence electrons. The second-order valence-corrected chi connectivity index (χ2v) is 4.11. The molecule has 1 N–H and O–H groups in total. The molecule has 0 aliphatic heterocycles. The molecule has 5 nitrogen and oxygen atoms in total. The van der Waals surface area contributed by atoms with Gasteiger partial charge in [0.15, 0.2) is 5.69 Å². The van der Waals surface area contributed by atoms with Crippen molar-refractivity contribution < 1.29 is 9.90 Å². The quantitative estimate of drug-likeness (QED) is 0.851. The number of rotatable bonds is 3. The van der Waals surface area contributed by atoms with Gasteiger partial charge in [0.05, 0.1) is 11.7 Å². The smallest absolute Gasteiger partial charge is 0.356 e. The molecule has 0 saturated carbocycles. The predicted octanol–water partition coefficient (Wildman–Crippen LogP) is 1.63. The number of hydrogen-bond acceptors (Lipinski definition) is 3. The highest BCUT2D eigenvalue weighted by molar-refractivity contribution is 5.93. The van der Waals surface area contributed by atoms with Crippen molar-refractivity contribution in [3.63, 3.8) is 0 Å². The lowest BCUT2D eigenvalue weighted by atomic mass is 10.1. The lowest BCUT2D eigenvalue weighted by Gasteiger charge is -2.02. The number of aromatic carboxylic acids is 1. The number of aromatic nitrogens is 3. The molecule has 0 bridgehead atoms. The molecule has 0 aliphatic carbocycles. The molecule has 0 unspecified atom stereocenters. The lowest BCUT2D eigenvalue weighted by molar-refractivity contribution is 0.0693. The fraction of sp³-hybridized carbons (Fsp3) is 0.364. The van der Waals surface area contributed by atoms with Gasteiger partial charge in [-0.25, -0.2) is 9.78 Å². The molecule has 0 aliphatic rings. The van der Waals surface area contributed by atoms with E-state index < -0.39 is 5.97 Å². The molecule has 16 heavy (non-hydrogen) atoms. The molecule has 0 atom stereocenters. The lowest BCUT2D eigenvalue weighted by Crippen LogP contribution is -2.00. The fourth-order valence-corrected chi connectivity index (χ4v) is 1.67. The minimum Gasteiger partial charge on any atom is -0.476 e. The van der Waals surface area contributed by atoms with E-state index in [0.717, 1.165) is 12.2 Å². The molecule has 2 aromatic rings. The third-order valence-corrected chi connectivity index (χ3v) is 2.31. The van der Waals surface area contributed by atoms with E-state index >= 15 is 0 Å². The maximum Gasteiger partial charge on any atom is 0.356 e. The minimum atomic E-state index is -1.01. The number of hydrogen-bond donors (Lipinski definition) is 1. The first kappa shape index (κ1) is 10.6. The largest absolute Gasteiger partial charge is 0.476 e. The number of carboxylic acids is 1. The Labute approximate surface area is 92.8 Å². The van der Waals surface area contributed by atoms with Crippen LogP contribution in [0.15, 0.2) is 18.6 Å². The zero-order valence-electron chi connectivity index (χ0n) is 9.21. The Bertz CT molecular complexity index is 531. The van der Waals surface area contributed by atoms with Crippen molar-refractivity contribution in [3.05, 3.63) is 30.1 Å². The summed E-state index contributed by atoms with van der Waals surface area (Å²) in [4.78, 5) is 19.1. The fourth-order valence-electron chi connectivity index (χ4n) is 1.67. The first-order valence-corrected chi connectivity index (χ1v) is 5.14. The Kier molecular flexibility index (Phi) is 2.60. The van der Waals surface area contributed by atoms with Gasteiger partial charge >= 0.3 is 5.97 Å². The summed E-state index contributed by atoms with van der Waals surface area (Å²) in [6, 6.07) is 0. The average molecular weight is 219 g/mol. The van der Waals surface area contributed by atoms with Crippen LogP contribution < -0.4 is 0 Å². The van der Waals surface area contributed by atoms with Crippen molar-refractivity contribution in [3.8, 4) is 0 Å². The summed E-state index contributed by atoms with van der Waals surface area (Å²) in [6.07, 6.45) is 5.65. The van der Waals surface area contributed by atoms with Gasteiger partial charge in [-0.15, -0.1) is 0 Å². The highest BCUT2D eigenvalue weighted by Crippen LogP contribution is 2.14. The van der Waals surface area contributed by atoms with Gasteiger partial charge < -0.3 is 5.11 Å². The van der Waals surface area contributed by atoms with E-state index in [1.807, 2.05) is 0 Å². The topological polar surface area (TPSA) is 67.5 Å². The predicted molar refractivity (Wildman–Crippen MR) is 58.5 cm³/mol. The van der Waals surface area contributed by atoms with Crippen molar-refractivity contribution in [2.45, 2.75) is 20.3 Å². The summed E-state index contributed by atoms with van der Waals surface area (Å²) in [6.45, 7) is 4.14. The van der Waals surface area contributed by atoms with Crippen LogP contribution in [0.2, 0.25) is 0 Å². The zero-order valence-corrected chi connectivity index (χ0v) is 9.21. The van der Waals surface area contributed by atoms with Gasteiger partial charge in [0, 0.05) is 18.8 Å². The monoisotopic (exact) mass is 219 g/mol. The minimum absolute atomic E-state index is 0.0729. The number of carboxylic acid groups (broad SMARTS) is 1. The van der Waals surface area contributed by atoms with E-state index in [0.29, 0.717) is 11.4 Å². The molecule has 0 spiro atoms. The standard InChI is InChI=1S/C11H13N3O2/c1-7(2)5-9-13-10(11(15)16)8-6-12-3-4-14(8)9/h3-4,6-7H,5H2,1-2H3,(H,15,16). The maximum absolute atomic E-state index is 11.0. The molecule has 2 heterocycles. The van der Waals surface area contributed by atoms with Crippen molar-refractivity contribution >= 4 is 11.5 Å². The van der Waals surface area contributed by atoms with E-state index in [1.165, 1.54) is 6.20 Å². The number of fused-ring (bicyclic) bond motifs is 1. The summed E-state index contributed by atoms with van der Waals surface area (Å²) in [7, 11) is 0. The van der Waals surface area contributed by atoms with E-state index in [-0.39, 0.29) is 5.69 Å². The molecule has 2 rings (SSSR count). The van der Waals surface area contributed by atoms with Crippen LogP contribution in [0, 0.1) is 5.92 Å². The summed E-state index contributed by atoms with van der Waals surface area (Å²) in [5.74, 6) is 0.186. The molecular formula is C11H13N3O2. The van der Waals surface area contributed by atoms with Crippen molar-refractivity contribution in [1.82, 2.24) is 14.4 Å². The first-order valence-electron chi connectivity index (χ1n) is 5.14. The van der Waals surface area contributed by atoms with Crippen LogP contribution in [0.4, 0.5) is 0 Å². The molecule has 0 amide bonds. The summed E-state index contributed by atoms with van der Waals surface area (Å²) in [5.41, 5.74) is 0.620. The van der Waals surface area contributed by atoms with E-state index in [9.17, 15) is 4.79 Å². The van der Waals surface area contributed by atoms with Crippen molar-refractivity contribution in [1.29, 1.82) is 0 Å². The Hall–Kier alpha value is -1.91. The maximum atomic E-state index is 11.0. The van der Waals surface area contributed by atoms with Gasteiger partial charge in [-0.3, -0.25) is 9.38 Å². The van der Waals surface area contributed by atoms with Crippen LogP contribution in [0.3, 0.4) is 0 Å². The number of nitrogens with zero attached hydrogens (tertiary/aromatic N) is 3. The molecule has 0 radical (unpaired) electrons. The molecule has 0 fully saturated rings. The average Bonchev–Trinajstić information content (AvgIpc) is 2.57. The highest BCUT2D eigenvalue weighted by Gasteiger charge is 2.16. The van der Waals surface area contributed by atoms with Gasteiger partial charge in [0.25, 0.3) is 0 Å². The SMILES string of the molecule is CC(C)Cc1nc(C(=O)O)c2cnccn12. The Balaban J connectivity index is 2.62. The Morgan fingerprint density at radius 1 is 1.56 bits per heavy atom. The molecular weight excluding hydrogens is 206 g/mol. The van der Waals surface area contributed by atoms with Gasteiger partial charge in [-0.1, -0.05) is 13.8 Å².